The Kier molecular flexibility index (Phi) is 7.21. The highest BCUT2D eigenvalue weighted by atomic mass is 32.2. The normalized spacial score (nSPS) is 14.5. The number of nitrogens with one attached hydrogen (secondary N) is 1. The van der Waals surface area contributed by atoms with Gasteiger partial charge in [-0.25, -0.2) is 4.68 Å². The van der Waals surface area contributed by atoms with Crippen molar-refractivity contribution in [1.29, 1.82) is 0 Å². The second-order valence-corrected chi connectivity index (χ2v) is 9.21. The Bertz CT molecular complexity index is 1210. The second-order valence-electron chi connectivity index (χ2n) is 7.76. The third kappa shape index (κ3) is 4.65. The number of nitrogens with zero attached hydrogens (tertiary/aromatic N) is 2. The summed E-state index contributed by atoms with van der Waals surface area (Å²) < 4.78 is 31.2. The van der Waals surface area contributed by atoms with Crippen molar-refractivity contribution >= 4 is 22.5 Å². The van der Waals surface area contributed by atoms with Crippen LogP contribution in [-0.2, 0) is 22.3 Å². The summed E-state index contributed by atoms with van der Waals surface area (Å²) in [5.74, 6) is 2.28. The van der Waals surface area contributed by atoms with Gasteiger partial charge in [0.25, 0.3) is 5.91 Å². The Labute approximate surface area is 201 Å². The number of amides is 1. The van der Waals surface area contributed by atoms with Crippen LogP contribution in [0.1, 0.15) is 48.0 Å². The van der Waals surface area contributed by atoms with Crippen molar-refractivity contribution in [2.24, 2.45) is 0 Å². The molecule has 0 aliphatic carbocycles. The molecular formula is C25H29N3O5S. The lowest BCUT2D eigenvalue weighted by Crippen LogP contribution is -2.17. The fourth-order valence-corrected chi connectivity index (χ4v) is 5.20. The summed E-state index contributed by atoms with van der Waals surface area (Å²) >= 11 is 0. The monoisotopic (exact) mass is 483 g/mol. The Morgan fingerprint density at radius 1 is 1.03 bits per heavy atom. The highest BCUT2D eigenvalue weighted by Gasteiger charge is 2.29. The van der Waals surface area contributed by atoms with E-state index in [1.807, 2.05) is 52.0 Å². The van der Waals surface area contributed by atoms with Gasteiger partial charge in [0.1, 0.15) is 5.82 Å². The summed E-state index contributed by atoms with van der Waals surface area (Å²) in [7, 11) is -1.03. The first-order valence-corrected chi connectivity index (χ1v) is 12.8. The summed E-state index contributed by atoms with van der Waals surface area (Å²) in [6, 6.07) is 11.1. The van der Waals surface area contributed by atoms with E-state index in [4.69, 9.17) is 19.3 Å². The van der Waals surface area contributed by atoms with Crippen molar-refractivity contribution in [2.75, 3.05) is 25.1 Å². The fourth-order valence-electron chi connectivity index (χ4n) is 3.93. The largest absolute Gasteiger partial charge is 0.490 e. The van der Waals surface area contributed by atoms with Gasteiger partial charge in [-0.1, -0.05) is 18.2 Å². The number of aromatic nitrogens is 2. The predicted octanol–water partition coefficient (Wildman–Crippen LogP) is 4.39. The average Bonchev–Trinajstić information content (AvgIpc) is 3.33. The number of anilines is 1. The maximum absolute atomic E-state index is 13.5. The first-order valence-electron chi connectivity index (χ1n) is 11.4. The van der Waals surface area contributed by atoms with Gasteiger partial charge in [0, 0.05) is 21.9 Å². The van der Waals surface area contributed by atoms with Crippen LogP contribution in [0.15, 0.2) is 36.4 Å². The molecule has 180 valence electrons. The van der Waals surface area contributed by atoms with E-state index in [0.29, 0.717) is 60.0 Å². The minimum absolute atomic E-state index is 0.347. The first-order chi connectivity index (χ1) is 16.5. The van der Waals surface area contributed by atoms with E-state index in [9.17, 15) is 9.00 Å². The van der Waals surface area contributed by atoms with E-state index < -0.39 is 10.8 Å². The van der Waals surface area contributed by atoms with Crippen LogP contribution in [0.5, 0.6) is 17.2 Å². The van der Waals surface area contributed by atoms with Gasteiger partial charge >= 0.3 is 0 Å². The Morgan fingerprint density at radius 2 is 1.68 bits per heavy atom. The molecule has 9 heteroatoms. The summed E-state index contributed by atoms with van der Waals surface area (Å²) in [4.78, 5) is 13.5. The van der Waals surface area contributed by atoms with E-state index in [2.05, 4.69) is 5.32 Å². The number of carbonyl (C=O) groups excluding carboxylic acids is 1. The number of benzene rings is 2. The summed E-state index contributed by atoms with van der Waals surface area (Å²) in [5.41, 5.74) is 3.78. The quantitative estimate of drug-likeness (QED) is 0.485. The molecule has 0 spiro atoms. The molecule has 3 aromatic rings. The maximum atomic E-state index is 13.5. The Morgan fingerprint density at radius 3 is 2.29 bits per heavy atom. The van der Waals surface area contributed by atoms with Crippen molar-refractivity contribution in [3.05, 3.63) is 58.8 Å². The lowest BCUT2D eigenvalue weighted by atomic mass is 10.1. The zero-order valence-corrected chi connectivity index (χ0v) is 20.7. The van der Waals surface area contributed by atoms with Crippen LogP contribution in [0.25, 0.3) is 5.69 Å². The van der Waals surface area contributed by atoms with Crippen molar-refractivity contribution in [2.45, 2.75) is 39.2 Å². The van der Waals surface area contributed by atoms with Gasteiger partial charge in [0.05, 0.1) is 42.7 Å². The molecule has 0 saturated carbocycles. The van der Waals surface area contributed by atoms with Gasteiger partial charge in [0.2, 0.25) is 5.75 Å². The van der Waals surface area contributed by atoms with Gasteiger partial charge in [0.15, 0.2) is 11.5 Å². The van der Waals surface area contributed by atoms with Crippen LogP contribution >= 0.6 is 0 Å². The van der Waals surface area contributed by atoms with Crippen molar-refractivity contribution in [1.82, 2.24) is 9.78 Å². The lowest BCUT2D eigenvalue weighted by Gasteiger charge is -2.17. The minimum Gasteiger partial charge on any atom is -0.490 e. The van der Waals surface area contributed by atoms with E-state index in [1.165, 1.54) is 0 Å². The third-order valence-corrected chi connectivity index (χ3v) is 6.62. The molecule has 1 aliphatic heterocycles. The number of hydrogen-bond donors (Lipinski definition) is 1. The average molecular weight is 484 g/mol. The smallest absolute Gasteiger partial charge is 0.257 e. The number of fused-ring (bicyclic) bond motifs is 1. The second kappa shape index (κ2) is 10.3. The molecule has 0 saturated heterocycles. The van der Waals surface area contributed by atoms with Crippen molar-refractivity contribution in [3.8, 4) is 22.9 Å². The summed E-state index contributed by atoms with van der Waals surface area (Å²) in [6.07, 6.45) is 0. The van der Waals surface area contributed by atoms with Crippen LogP contribution in [0.2, 0.25) is 0 Å². The number of para-hydroxylation sites is 1. The van der Waals surface area contributed by atoms with Gasteiger partial charge in [-0.15, -0.1) is 0 Å². The number of carbonyl (C=O) groups is 1. The standard InChI is InChI=1S/C25H29N3O5S/c1-5-31-21-12-17(13-22(32-6-2)23(21)33-7-3)25(29)26-24-18-14-34(30)15-19(18)27-28(24)20-11-9-8-10-16(20)4/h8-13H,5-7,14-15H2,1-4H3,(H,26,29). The molecular weight excluding hydrogens is 454 g/mol. The van der Waals surface area contributed by atoms with Gasteiger partial charge in [-0.3, -0.25) is 9.00 Å². The molecule has 1 aliphatic rings. The first kappa shape index (κ1) is 23.8. The topological polar surface area (TPSA) is 91.7 Å². The highest BCUT2D eigenvalue weighted by Crippen LogP contribution is 2.40. The molecule has 2 aromatic carbocycles. The molecule has 2 heterocycles. The highest BCUT2D eigenvalue weighted by molar-refractivity contribution is 7.83. The van der Waals surface area contributed by atoms with Crippen LogP contribution in [-0.4, -0.2) is 39.7 Å². The van der Waals surface area contributed by atoms with E-state index in [-0.39, 0.29) is 5.91 Å². The van der Waals surface area contributed by atoms with Gasteiger partial charge in [-0.2, -0.15) is 5.10 Å². The van der Waals surface area contributed by atoms with Crippen LogP contribution in [0, 0.1) is 6.92 Å². The van der Waals surface area contributed by atoms with Crippen LogP contribution < -0.4 is 19.5 Å². The molecule has 1 aromatic heterocycles. The molecule has 0 fully saturated rings. The number of hydrogen-bond acceptors (Lipinski definition) is 6. The molecule has 1 amide bonds. The summed E-state index contributed by atoms with van der Waals surface area (Å²) in [6.45, 7) is 8.86. The SMILES string of the molecule is CCOc1cc(C(=O)Nc2c3c(nn2-c2ccccc2C)CS(=O)C3)cc(OCC)c1OCC. The Hall–Kier alpha value is -3.33. The zero-order chi connectivity index (χ0) is 24.2. The molecule has 0 bridgehead atoms. The van der Waals surface area contributed by atoms with Crippen LogP contribution in [0.3, 0.4) is 0 Å². The molecule has 1 N–H and O–H groups in total. The van der Waals surface area contributed by atoms with Crippen molar-refractivity contribution < 1.29 is 23.2 Å². The predicted molar refractivity (Wildman–Crippen MR) is 132 cm³/mol. The van der Waals surface area contributed by atoms with E-state index >= 15 is 0 Å². The fraction of sp³-hybridized carbons (Fsp3) is 0.360. The molecule has 1 atom stereocenters. The molecule has 34 heavy (non-hydrogen) atoms. The zero-order valence-electron chi connectivity index (χ0n) is 19.8. The molecule has 8 nitrogen and oxygen atoms in total. The maximum Gasteiger partial charge on any atom is 0.257 e. The summed E-state index contributed by atoms with van der Waals surface area (Å²) in [5, 5.41) is 7.71. The Balaban J connectivity index is 1.76. The van der Waals surface area contributed by atoms with Crippen molar-refractivity contribution in [3.63, 3.8) is 0 Å². The van der Waals surface area contributed by atoms with Gasteiger partial charge < -0.3 is 19.5 Å². The molecule has 1 unspecified atom stereocenters. The number of ether oxygens (including phenoxy) is 3. The minimum atomic E-state index is -1.03. The van der Waals surface area contributed by atoms with Crippen LogP contribution in [0.4, 0.5) is 5.82 Å². The molecule has 4 rings (SSSR count). The van der Waals surface area contributed by atoms with Gasteiger partial charge in [-0.05, 0) is 51.5 Å². The molecule has 0 radical (unpaired) electrons. The third-order valence-electron chi connectivity index (χ3n) is 5.42. The number of rotatable bonds is 9. The van der Waals surface area contributed by atoms with E-state index in [0.717, 1.165) is 22.5 Å². The number of aryl methyl sites for hydroxylation is 1. The van der Waals surface area contributed by atoms with E-state index in [1.54, 1.807) is 16.8 Å². The lowest BCUT2D eigenvalue weighted by molar-refractivity contribution is 0.102.